The molecule has 0 radical (unpaired) electrons. The summed E-state index contributed by atoms with van der Waals surface area (Å²) >= 11 is 0. The summed E-state index contributed by atoms with van der Waals surface area (Å²) in [5.74, 6) is 0.995. The molecule has 1 aliphatic carbocycles. The van der Waals surface area contributed by atoms with Crippen molar-refractivity contribution in [1.29, 1.82) is 0 Å². The number of benzene rings is 1. The Morgan fingerprint density at radius 3 is 2.67 bits per heavy atom. The molecular weight excluding hydrogens is 450 g/mol. The first-order chi connectivity index (χ1) is 17.5. The van der Waals surface area contributed by atoms with Gasteiger partial charge in [-0.2, -0.15) is 5.10 Å². The number of hydrogen-bond donors (Lipinski definition) is 2. The van der Waals surface area contributed by atoms with E-state index in [1.807, 2.05) is 58.2 Å². The zero-order valence-electron chi connectivity index (χ0n) is 20.7. The van der Waals surface area contributed by atoms with Crippen LogP contribution in [0.3, 0.4) is 0 Å². The third kappa shape index (κ3) is 4.68. The van der Waals surface area contributed by atoms with Gasteiger partial charge in [0, 0.05) is 59.9 Å². The van der Waals surface area contributed by atoms with Crippen LogP contribution in [0.2, 0.25) is 0 Å². The van der Waals surface area contributed by atoms with Crippen LogP contribution in [0, 0.1) is 0 Å². The molecule has 1 unspecified atom stereocenters. The van der Waals surface area contributed by atoms with Crippen LogP contribution in [0.5, 0.6) is 0 Å². The van der Waals surface area contributed by atoms with Gasteiger partial charge in [0.2, 0.25) is 5.95 Å². The molecule has 1 saturated carbocycles. The van der Waals surface area contributed by atoms with Gasteiger partial charge in [-0.1, -0.05) is 13.8 Å². The van der Waals surface area contributed by atoms with Crippen molar-refractivity contribution in [2.75, 3.05) is 18.4 Å². The number of hydrogen-bond acceptors (Lipinski definition) is 6. The molecule has 4 heterocycles. The van der Waals surface area contributed by atoms with Crippen molar-refractivity contribution in [3.63, 3.8) is 0 Å². The largest absolute Gasteiger partial charge is 0.337 e. The normalized spacial score (nSPS) is 17.8. The average molecular weight is 482 g/mol. The van der Waals surface area contributed by atoms with Gasteiger partial charge in [0.15, 0.2) is 0 Å². The molecule has 184 valence electrons. The number of anilines is 2. The van der Waals surface area contributed by atoms with Gasteiger partial charge in [-0.25, -0.2) is 14.5 Å². The number of aromatic nitrogens is 4. The maximum absolute atomic E-state index is 13.0. The number of nitrogens with one attached hydrogen (secondary N) is 2. The van der Waals surface area contributed by atoms with Gasteiger partial charge in [-0.05, 0) is 67.6 Å². The smallest absolute Gasteiger partial charge is 0.253 e. The van der Waals surface area contributed by atoms with Crippen molar-refractivity contribution >= 4 is 23.1 Å². The highest BCUT2D eigenvalue weighted by Crippen LogP contribution is 2.26. The van der Waals surface area contributed by atoms with Gasteiger partial charge in [0.1, 0.15) is 0 Å². The minimum Gasteiger partial charge on any atom is -0.337 e. The first-order valence-corrected chi connectivity index (χ1v) is 12.8. The van der Waals surface area contributed by atoms with E-state index in [-0.39, 0.29) is 5.91 Å². The molecule has 36 heavy (non-hydrogen) atoms. The maximum Gasteiger partial charge on any atom is 0.253 e. The van der Waals surface area contributed by atoms with Crippen LogP contribution < -0.4 is 10.6 Å². The van der Waals surface area contributed by atoms with Crippen LogP contribution in [-0.4, -0.2) is 55.6 Å². The van der Waals surface area contributed by atoms with Crippen LogP contribution in [0.25, 0.3) is 16.8 Å². The molecule has 2 fully saturated rings. The molecule has 8 heteroatoms. The number of amides is 1. The quantitative estimate of drug-likeness (QED) is 0.400. The summed E-state index contributed by atoms with van der Waals surface area (Å²) in [6, 6.07) is 14.7. The van der Waals surface area contributed by atoms with E-state index < -0.39 is 0 Å². The van der Waals surface area contributed by atoms with E-state index >= 15 is 0 Å². The summed E-state index contributed by atoms with van der Waals surface area (Å²) in [6.45, 7) is 5.94. The van der Waals surface area contributed by atoms with E-state index in [4.69, 9.17) is 4.98 Å². The number of fused-ring (bicyclic) bond motifs is 1. The van der Waals surface area contributed by atoms with Gasteiger partial charge < -0.3 is 15.5 Å². The lowest BCUT2D eigenvalue weighted by Crippen LogP contribution is -2.36. The molecule has 4 aromatic rings. The zero-order valence-corrected chi connectivity index (χ0v) is 20.7. The van der Waals surface area contributed by atoms with Crippen LogP contribution in [0.15, 0.2) is 61.1 Å². The lowest BCUT2D eigenvalue weighted by atomic mass is 10.0. The van der Waals surface area contributed by atoms with Gasteiger partial charge in [-0.15, -0.1) is 0 Å². The van der Waals surface area contributed by atoms with Gasteiger partial charge >= 0.3 is 0 Å². The van der Waals surface area contributed by atoms with Crippen LogP contribution in [0.1, 0.15) is 54.9 Å². The Bertz CT molecular complexity index is 1390. The molecule has 1 saturated heterocycles. The number of rotatable bonds is 7. The second kappa shape index (κ2) is 9.35. The first kappa shape index (κ1) is 22.7. The summed E-state index contributed by atoms with van der Waals surface area (Å²) in [7, 11) is 0. The molecule has 2 aliphatic rings. The highest BCUT2D eigenvalue weighted by atomic mass is 16.2. The zero-order chi connectivity index (χ0) is 24.6. The van der Waals surface area contributed by atoms with Gasteiger partial charge in [0.25, 0.3) is 5.91 Å². The molecule has 1 aromatic carbocycles. The van der Waals surface area contributed by atoms with E-state index in [9.17, 15) is 4.79 Å². The second-order valence-corrected chi connectivity index (χ2v) is 10.1. The third-order valence-electron chi connectivity index (χ3n) is 7.04. The second-order valence-electron chi connectivity index (χ2n) is 10.1. The third-order valence-corrected chi connectivity index (χ3v) is 7.04. The molecule has 0 spiro atoms. The highest BCUT2D eigenvalue weighted by molar-refractivity contribution is 5.94. The van der Waals surface area contributed by atoms with E-state index in [1.54, 1.807) is 6.20 Å². The summed E-state index contributed by atoms with van der Waals surface area (Å²) in [4.78, 5) is 24.0. The lowest BCUT2D eigenvalue weighted by molar-refractivity contribution is 0.0789. The Morgan fingerprint density at radius 2 is 1.89 bits per heavy atom. The minimum absolute atomic E-state index is 0.0934. The predicted molar refractivity (Wildman–Crippen MR) is 140 cm³/mol. The lowest BCUT2D eigenvalue weighted by Gasteiger charge is -2.17. The average Bonchev–Trinajstić information content (AvgIpc) is 3.40. The summed E-state index contributed by atoms with van der Waals surface area (Å²) < 4.78 is 1.90. The molecule has 1 aliphatic heterocycles. The number of carbonyl (C=O) groups excluding carboxylic acids is 1. The minimum atomic E-state index is 0.0934. The Hall–Kier alpha value is -3.78. The molecule has 6 rings (SSSR count). The first-order valence-electron chi connectivity index (χ1n) is 12.8. The van der Waals surface area contributed by atoms with E-state index in [1.165, 1.54) is 18.4 Å². The van der Waals surface area contributed by atoms with E-state index in [0.29, 0.717) is 29.5 Å². The molecule has 2 N–H and O–H groups in total. The number of likely N-dealkylation sites (tertiary alicyclic amines) is 1. The Balaban J connectivity index is 1.14. The van der Waals surface area contributed by atoms with Crippen molar-refractivity contribution in [2.24, 2.45) is 0 Å². The molecule has 0 bridgehead atoms. The number of nitrogens with zero attached hydrogens (tertiary/aromatic N) is 5. The molecular formula is C28H31N7O. The maximum atomic E-state index is 13.0. The fraction of sp³-hybridized carbons (Fsp3) is 0.357. The van der Waals surface area contributed by atoms with Crippen molar-refractivity contribution in [3.8, 4) is 11.3 Å². The Morgan fingerprint density at radius 1 is 1.06 bits per heavy atom. The van der Waals surface area contributed by atoms with Crippen LogP contribution in [-0.2, 0) is 0 Å². The summed E-state index contributed by atoms with van der Waals surface area (Å²) in [5.41, 5.74) is 5.69. The van der Waals surface area contributed by atoms with Crippen LogP contribution >= 0.6 is 0 Å². The Kier molecular flexibility index (Phi) is 5.89. The van der Waals surface area contributed by atoms with Gasteiger partial charge in [-0.3, -0.25) is 4.79 Å². The van der Waals surface area contributed by atoms with Crippen molar-refractivity contribution in [2.45, 2.75) is 51.1 Å². The van der Waals surface area contributed by atoms with Gasteiger partial charge in [0.05, 0.1) is 17.4 Å². The van der Waals surface area contributed by atoms with Crippen molar-refractivity contribution in [3.05, 3.63) is 72.2 Å². The fourth-order valence-electron chi connectivity index (χ4n) is 4.86. The molecule has 1 atom stereocenters. The SMILES string of the molecule is CC(C)c1cnn2ccc(-c3ccnc(Nc4ccc(C(=O)N5CCC(NC6CC6)C5)cc4)n3)cc12. The van der Waals surface area contributed by atoms with E-state index in [2.05, 4.69) is 40.6 Å². The molecule has 8 nitrogen and oxygen atoms in total. The summed E-state index contributed by atoms with van der Waals surface area (Å²) in [5, 5.41) is 11.4. The highest BCUT2D eigenvalue weighted by Gasteiger charge is 2.31. The summed E-state index contributed by atoms with van der Waals surface area (Å²) in [6.07, 6.45) is 9.22. The monoisotopic (exact) mass is 481 g/mol. The van der Waals surface area contributed by atoms with E-state index in [0.717, 1.165) is 42.0 Å². The number of pyridine rings is 1. The molecule has 3 aromatic heterocycles. The van der Waals surface area contributed by atoms with Crippen molar-refractivity contribution in [1.82, 2.24) is 29.8 Å². The Labute approximate surface area is 210 Å². The molecule has 1 amide bonds. The van der Waals surface area contributed by atoms with Crippen molar-refractivity contribution < 1.29 is 4.79 Å². The topological polar surface area (TPSA) is 87.5 Å². The predicted octanol–water partition coefficient (Wildman–Crippen LogP) is 4.62. The standard InChI is InChI=1S/C28H31N7O/c1-18(2)24-16-30-35-14-10-20(15-26(24)35)25-9-12-29-28(33-25)32-22-5-3-19(4-6-22)27(36)34-13-11-23(17-34)31-21-7-8-21/h3-6,9-10,12,14-16,18,21,23,31H,7-8,11,13,17H2,1-2H3,(H,29,32,33). The number of carbonyl (C=O) groups is 1. The fourth-order valence-corrected chi connectivity index (χ4v) is 4.86. The van der Waals surface area contributed by atoms with Crippen LogP contribution in [0.4, 0.5) is 11.6 Å².